The Morgan fingerprint density at radius 3 is 2.34 bits per heavy atom. The quantitative estimate of drug-likeness (QED) is 0.491. The summed E-state index contributed by atoms with van der Waals surface area (Å²) >= 11 is 0. The summed E-state index contributed by atoms with van der Waals surface area (Å²) in [4.78, 5) is 28.4. The van der Waals surface area contributed by atoms with E-state index in [-0.39, 0.29) is 17.6 Å². The van der Waals surface area contributed by atoms with Crippen LogP contribution in [0.5, 0.6) is 0 Å². The van der Waals surface area contributed by atoms with Crippen molar-refractivity contribution in [3.8, 4) is 0 Å². The van der Waals surface area contributed by atoms with Crippen molar-refractivity contribution in [2.45, 2.75) is 44.6 Å². The second kappa shape index (κ2) is 11.0. The minimum Gasteiger partial charge on any atom is -0.348 e. The fourth-order valence-corrected chi connectivity index (χ4v) is 5.57. The molecule has 1 saturated heterocycles. The van der Waals surface area contributed by atoms with E-state index in [1.165, 1.54) is 18.4 Å². The van der Waals surface area contributed by atoms with Crippen LogP contribution in [0.1, 0.15) is 69.0 Å². The minimum atomic E-state index is -0.0925. The van der Waals surface area contributed by atoms with Gasteiger partial charge in [-0.2, -0.15) is 0 Å². The largest absolute Gasteiger partial charge is 0.348 e. The number of carbonyl (C=O) groups excluding carboxylic acids is 2. The van der Waals surface area contributed by atoms with Gasteiger partial charge in [0.1, 0.15) is 0 Å². The third-order valence-corrected chi connectivity index (χ3v) is 7.71. The molecule has 0 aromatic heterocycles. The van der Waals surface area contributed by atoms with Crippen molar-refractivity contribution in [1.29, 1.82) is 0 Å². The normalized spacial score (nSPS) is 18.7. The topological polar surface area (TPSA) is 49.4 Å². The van der Waals surface area contributed by atoms with Gasteiger partial charge in [0.05, 0.1) is 0 Å². The summed E-state index contributed by atoms with van der Waals surface area (Å²) in [6.07, 6.45) is 5.05. The lowest BCUT2D eigenvalue weighted by Gasteiger charge is -2.33. The van der Waals surface area contributed by atoms with Crippen molar-refractivity contribution in [3.05, 3.63) is 107 Å². The van der Waals surface area contributed by atoms with Crippen molar-refractivity contribution in [1.82, 2.24) is 10.2 Å². The number of fused-ring (bicyclic) bond motifs is 1. The highest BCUT2D eigenvalue weighted by Crippen LogP contribution is 2.31. The lowest BCUT2D eigenvalue weighted by Crippen LogP contribution is -2.35. The van der Waals surface area contributed by atoms with E-state index in [2.05, 4.69) is 40.5 Å². The number of ketones is 1. The van der Waals surface area contributed by atoms with Crippen molar-refractivity contribution in [2.24, 2.45) is 5.92 Å². The van der Waals surface area contributed by atoms with Gasteiger partial charge in [-0.3, -0.25) is 9.59 Å². The van der Waals surface area contributed by atoms with Gasteiger partial charge < -0.3 is 10.2 Å². The summed E-state index contributed by atoms with van der Waals surface area (Å²) in [5.74, 6) is 0.911. The predicted molar refractivity (Wildman–Crippen MR) is 140 cm³/mol. The fraction of sp³-hybridized carbons (Fsp3) is 0.355. The standard InChI is InChI=1S/C31H34N2O2/c34-30-26(17-20-33-18-15-25(16-19-33)24-9-5-2-6-10-24)11-12-27-21-28(13-14-29(27)30)31(35)32-22-23-7-3-1-4-8-23/h1-10,13-14,21,25-26H,11-12,15-20,22H2,(H,32,35). The minimum absolute atomic E-state index is 0.0899. The number of benzene rings is 3. The van der Waals surface area contributed by atoms with E-state index in [1.807, 2.05) is 42.5 Å². The fourth-order valence-electron chi connectivity index (χ4n) is 5.57. The maximum atomic E-state index is 13.2. The number of amides is 1. The van der Waals surface area contributed by atoms with Crippen LogP contribution in [0, 0.1) is 5.92 Å². The molecule has 1 N–H and O–H groups in total. The number of Topliss-reactive ketones (excluding diaryl/α,β-unsaturated/α-hetero) is 1. The molecule has 1 aliphatic carbocycles. The molecule has 0 bridgehead atoms. The van der Waals surface area contributed by atoms with Crippen molar-refractivity contribution < 1.29 is 9.59 Å². The highest BCUT2D eigenvalue weighted by molar-refractivity contribution is 6.02. The zero-order chi connectivity index (χ0) is 24.0. The zero-order valence-corrected chi connectivity index (χ0v) is 20.3. The molecular weight excluding hydrogens is 432 g/mol. The van der Waals surface area contributed by atoms with Crippen LogP contribution in [0.2, 0.25) is 0 Å². The maximum Gasteiger partial charge on any atom is 0.251 e. The van der Waals surface area contributed by atoms with Gasteiger partial charge in [0.15, 0.2) is 5.78 Å². The third-order valence-electron chi connectivity index (χ3n) is 7.71. The SMILES string of the molecule is O=C(NCc1ccccc1)c1ccc2c(c1)CCC(CCN1CCC(c3ccccc3)CC1)C2=O. The Labute approximate surface area is 208 Å². The van der Waals surface area contributed by atoms with E-state index >= 15 is 0 Å². The van der Waals surface area contributed by atoms with Gasteiger partial charge in [0, 0.05) is 23.6 Å². The second-order valence-corrected chi connectivity index (χ2v) is 9.96. The van der Waals surface area contributed by atoms with E-state index in [4.69, 9.17) is 0 Å². The van der Waals surface area contributed by atoms with Crippen LogP contribution in [0.25, 0.3) is 0 Å². The number of hydrogen-bond donors (Lipinski definition) is 1. The Kier molecular flexibility index (Phi) is 7.39. The van der Waals surface area contributed by atoms with Gasteiger partial charge in [-0.15, -0.1) is 0 Å². The number of aryl methyl sites for hydroxylation is 1. The summed E-state index contributed by atoms with van der Waals surface area (Å²) in [5, 5.41) is 2.98. The van der Waals surface area contributed by atoms with E-state index in [9.17, 15) is 9.59 Å². The molecule has 5 rings (SSSR count). The summed E-state index contributed by atoms with van der Waals surface area (Å²) in [6.45, 7) is 3.71. The molecule has 0 saturated carbocycles. The molecule has 35 heavy (non-hydrogen) atoms. The first-order valence-electron chi connectivity index (χ1n) is 12.9. The first-order chi connectivity index (χ1) is 17.2. The molecule has 3 aromatic rings. The molecule has 1 fully saturated rings. The Hall–Kier alpha value is -3.24. The van der Waals surface area contributed by atoms with Gasteiger partial charge in [-0.1, -0.05) is 66.7 Å². The van der Waals surface area contributed by atoms with Crippen LogP contribution in [-0.2, 0) is 13.0 Å². The number of nitrogens with zero attached hydrogens (tertiary/aromatic N) is 1. The van der Waals surface area contributed by atoms with Crippen molar-refractivity contribution >= 4 is 11.7 Å². The van der Waals surface area contributed by atoms with Crippen LogP contribution in [-0.4, -0.2) is 36.2 Å². The molecule has 3 aromatic carbocycles. The van der Waals surface area contributed by atoms with E-state index < -0.39 is 0 Å². The zero-order valence-electron chi connectivity index (χ0n) is 20.3. The summed E-state index contributed by atoms with van der Waals surface area (Å²) in [5.41, 5.74) is 4.98. The Balaban J connectivity index is 1.12. The number of likely N-dealkylation sites (tertiary alicyclic amines) is 1. The summed E-state index contributed by atoms with van der Waals surface area (Å²) in [7, 11) is 0. The Morgan fingerprint density at radius 1 is 0.886 bits per heavy atom. The first-order valence-corrected chi connectivity index (χ1v) is 12.9. The summed E-state index contributed by atoms with van der Waals surface area (Å²) < 4.78 is 0. The maximum absolute atomic E-state index is 13.2. The molecule has 1 amide bonds. The molecule has 0 radical (unpaired) electrons. The highest BCUT2D eigenvalue weighted by Gasteiger charge is 2.29. The lowest BCUT2D eigenvalue weighted by molar-refractivity contribution is 0.0875. The second-order valence-electron chi connectivity index (χ2n) is 9.96. The number of carbonyl (C=O) groups is 2. The average molecular weight is 467 g/mol. The number of hydrogen-bond acceptors (Lipinski definition) is 3. The molecule has 180 valence electrons. The van der Waals surface area contributed by atoms with Crippen LogP contribution >= 0.6 is 0 Å². The average Bonchev–Trinajstić information content (AvgIpc) is 2.92. The molecular formula is C31H34N2O2. The molecule has 2 aliphatic rings. The van der Waals surface area contributed by atoms with E-state index in [0.717, 1.165) is 55.6 Å². The molecule has 1 atom stereocenters. The number of nitrogens with one attached hydrogen (secondary N) is 1. The molecule has 4 heteroatoms. The first kappa shape index (κ1) is 23.5. The van der Waals surface area contributed by atoms with Crippen LogP contribution in [0.3, 0.4) is 0 Å². The van der Waals surface area contributed by atoms with E-state index in [0.29, 0.717) is 18.0 Å². The van der Waals surface area contributed by atoms with Crippen molar-refractivity contribution in [2.75, 3.05) is 19.6 Å². The molecule has 1 aliphatic heterocycles. The van der Waals surface area contributed by atoms with Crippen LogP contribution in [0.4, 0.5) is 0 Å². The van der Waals surface area contributed by atoms with Gasteiger partial charge in [0.25, 0.3) is 5.91 Å². The van der Waals surface area contributed by atoms with Crippen molar-refractivity contribution in [3.63, 3.8) is 0 Å². The number of rotatable bonds is 7. The van der Waals surface area contributed by atoms with Gasteiger partial charge >= 0.3 is 0 Å². The molecule has 4 nitrogen and oxygen atoms in total. The van der Waals surface area contributed by atoms with Gasteiger partial charge in [-0.25, -0.2) is 0 Å². The van der Waals surface area contributed by atoms with Gasteiger partial charge in [-0.05, 0) is 86.5 Å². The van der Waals surface area contributed by atoms with Crippen LogP contribution in [0.15, 0.2) is 78.9 Å². The predicted octanol–water partition coefficient (Wildman–Crippen LogP) is 5.63. The highest BCUT2D eigenvalue weighted by atomic mass is 16.1. The lowest BCUT2D eigenvalue weighted by atomic mass is 9.80. The number of piperidine rings is 1. The van der Waals surface area contributed by atoms with Crippen LogP contribution < -0.4 is 5.32 Å². The Bertz CT molecular complexity index is 1150. The van der Waals surface area contributed by atoms with Gasteiger partial charge in [0.2, 0.25) is 0 Å². The van der Waals surface area contributed by atoms with E-state index in [1.54, 1.807) is 6.07 Å². The smallest absolute Gasteiger partial charge is 0.251 e. The monoisotopic (exact) mass is 466 g/mol. The Morgan fingerprint density at radius 2 is 1.60 bits per heavy atom. The molecule has 1 heterocycles. The molecule has 1 unspecified atom stereocenters. The summed E-state index contributed by atoms with van der Waals surface area (Å²) in [6, 6.07) is 26.3. The third kappa shape index (κ3) is 5.71. The molecule has 0 spiro atoms.